The Kier molecular flexibility index (Phi) is 5.88. The molecule has 0 saturated carbocycles. The molecule has 2 aromatic carbocycles. The molecule has 0 aliphatic heterocycles. The highest BCUT2D eigenvalue weighted by atomic mass is 16.5. The molecule has 2 N–H and O–H groups in total. The van der Waals surface area contributed by atoms with E-state index >= 15 is 0 Å². The highest BCUT2D eigenvalue weighted by Gasteiger charge is 2.03. The minimum absolute atomic E-state index is 0.194. The second kappa shape index (κ2) is 8.71. The standard InChI is InChI=1S/C20H22N4O2/c1-26-19-7-5-16(6-8-19)12-22-20(25)23-13-17-3-2-4-18(11-17)14-24-10-9-21-15-24/h2-11,15H,12-14H2,1H3,(H2,22,23,25). The second-order valence-corrected chi connectivity index (χ2v) is 5.94. The zero-order valence-electron chi connectivity index (χ0n) is 14.7. The van der Waals surface area contributed by atoms with Gasteiger partial charge in [-0.15, -0.1) is 0 Å². The van der Waals surface area contributed by atoms with Crippen molar-refractivity contribution in [3.05, 3.63) is 83.9 Å². The molecule has 1 aromatic heterocycles. The minimum atomic E-state index is -0.194. The summed E-state index contributed by atoms with van der Waals surface area (Å²) in [4.78, 5) is 16.0. The molecule has 0 spiro atoms. The van der Waals surface area contributed by atoms with Crippen LogP contribution in [0.25, 0.3) is 0 Å². The van der Waals surface area contributed by atoms with Crippen LogP contribution in [0, 0.1) is 0 Å². The van der Waals surface area contributed by atoms with Gasteiger partial charge in [0.05, 0.1) is 13.4 Å². The lowest BCUT2D eigenvalue weighted by molar-refractivity contribution is 0.240. The van der Waals surface area contributed by atoms with Crippen LogP contribution in [0.4, 0.5) is 4.79 Å². The monoisotopic (exact) mass is 350 g/mol. The molecule has 0 aliphatic carbocycles. The van der Waals surface area contributed by atoms with E-state index in [4.69, 9.17) is 4.74 Å². The fourth-order valence-electron chi connectivity index (χ4n) is 2.60. The molecule has 3 aromatic rings. The molecular weight excluding hydrogens is 328 g/mol. The number of urea groups is 1. The van der Waals surface area contributed by atoms with Gasteiger partial charge >= 0.3 is 6.03 Å². The first kappa shape index (κ1) is 17.5. The zero-order valence-corrected chi connectivity index (χ0v) is 14.7. The Hall–Kier alpha value is -3.28. The van der Waals surface area contributed by atoms with Gasteiger partial charge in [0.25, 0.3) is 0 Å². The van der Waals surface area contributed by atoms with Crippen LogP contribution in [0.1, 0.15) is 16.7 Å². The third kappa shape index (κ3) is 5.11. The number of aromatic nitrogens is 2. The Labute approximate surface area is 152 Å². The first-order chi connectivity index (χ1) is 12.7. The largest absolute Gasteiger partial charge is 0.497 e. The Balaban J connectivity index is 1.46. The van der Waals surface area contributed by atoms with Crippen LogP contribution in [-0.2, 0) is 19.6 Å². The molecule has 6 heteroatoms. The molecule has 0 unspecified atom stereocenters. The number of methoxy groups -OCH3 is 1. The van der Waals surface area contributed by atoms with Gasteiger partial charge in [0.2, 0.25) is 0 Å². The van der Waals surface area contributed by atoms with E-state index in [1.165, 1.54) is 5.56 Å². The smallest absolute Gasteiger partial charge is 0.315 e. The molecule has 0 bridgehead atoms. The van der Waals surface area contributed by atoms with Gasteiger partial charge in [-0.3, -0.25) is 0 Å². The van der Waals surface area contributed by atoms with Crippen LogP contribution in [0.3, 0.4) is 0 Å². The molecular formula is C20H22N4O2. The molecule has 0 fully saturated rings. The predicted octanol–water partition coefficient (Wildman–Crippen LogP) is 2.94. The van der Waals surface area contributed by atoms with E-state index in [0.717, 1.165) is 23.4 Å². The number of benzene rings is 2. The third-order valence-corrected chi connectivity index (χ3v) is 3.98. The van der Waals surface area contributed by atoms with Gasteiger partial charge in [0, 0.05) is 32.0 Å². The Morgan fingerprint density at radius 2 is 1.77 bits per heavy atom. The Morgan fingerprint density at radius 1 is 1.04 bits per heavy atom. The molecule has 26 heavy (non-hydrogen) atoms. The molecule has 134 valence electrons. The van der Waals surface area contributed by atoms with E-state index in [2.05, 4.69) is 27.8 Å². The molecule has 1 heterocycles. The lowest BCUT2D eigenvalue weighted by Crippen LogP contribution is -2.34. The van der Waals surface area contributed by atoms with E-state index in [-0.39, 0.29) is 6.03 Å². The van der Waals surface area contributed by atoms with Crippen LogP contribution < -0.4 is 15.4 Å². The quantitative estimate of drug-likeness (QED) is 0.688. The van der Waals surface area contributed by atoms with Crippen LogP contribution >= 0.6 is 0 Å². The third-order valence-electron chi connectivity index (χ3n) is 3.98. The number of amides is 2. The molecule has 0 aliphatic rings. The van der Waals surface area contributed by atoms with Crippen molar-refractivity contribution in [2.75, 3.05) is 7.11 Å². The van der Waals surface area contributed by atoms with E-state index in [1.807, 2.05) is 47.2 Å². The van der Waals surface area contributed by atoms with Crippen LogP contribution in [-0.4, -0.2) is 22.7 Å². The number of hydrogen-bond donors (Lipinski definition) is 2. The summed E-state index contributed by atoms with van der Waals surface area (Å²) in [5.74, 6) is 0.800. The summed E-state index contributed by atoms with van der Waals surface area (Å²) in [5.41, 5.74) is 3.24. The van der Waals surface area contributed by atoms with Crippen molar-refractivity contribution in [3.63, 3.8) is 0 Å². The van der Waals surface area contributed by atoms with Crippen molar-refractivity contribution in [2.24, 2.45) is 0 Å². The van der Waals surface area contributed by atoms with E-state index in [9.17, 15) is 4.79 Å². The normalized spacial score (nSPS) is 10.3. The molecule has 3 rings (SSSR count). The topological polar surface area (TPSA) is 68.2 Å². The number of carbonyl (C=O) groups excluding carboxylic acids is 1. The summed E-state index contributed by atoms with van der Waals surface area (Å²) in [6, 6.07) is 15.6. The van der Waals surface area contributed by atoms with Crippen LogP contribution in [0.5, 0.6) is 5.75 Å². The van der Waals surface area contributed by atoms with Gasteiger partial charge in [-0.05, 0) is 28.8 Å². The first-order valence-corrected chi connectivity index (χ1v) is 8.41. The molecule has 0 saturated heterocycles. The zero-order chi connectivity index (χ0) is 18.2. The Bertz CT molecular complexity index is 829. The summed E-state index contributed by atoms with van der Waals surface area (Å²) in [7, 11) is 1.63. The van der Waals surface area contributed by atoms with Gasteiger partial charge in [-0.1, -0.05) is 36.4 Å². The van der Waals surface area contributed by atoms with E-state index in [0.29, 0.717) is 13.1 Å². The highest BCUT2D eigenvalue weighted by Crippen LogP contribution is 2.11. The van der Waals surface area contributed by atoms with Gasteiger partial charge in [0.15, 0.2) is 0 Å². The molecule has 6 nitrogen and oxygen atoms in total. The molecule has 2 amide bonds. The van der Waals surface area contributed by atoms with Crippen molar-refractivity contribution in [2.45, 2.75) is 19.6 Å². The summed E-state index contributed by atoms with van der Waals surface area (Å²) in [5, 5.41) is 5.74. The van der Waals surface area contributed by atoms with Gasteiger partial charge in [-0.25, -0.2) is 9.78 Å². The maximum absolute atomic E-state index is 12.0. The van der Waals surface area contributed by atoms with Gasteiger partial charge in [-0.2, -0.15) is 0 Å². The average Bonchev–Trinajstić information content (AvgIpc) is 3.18. The predicted molar refractivity (Wildman–Crippen MR) is 99.8 cm³/mol. The highest BCUT2D eigenvalue weighted by molar-refractivity contribution is 5.73. The average molecular weight is 350 g/mol. The number of nitrogens with zero attached hydrogens (tertiary/aromatic N) is 2. The fourth-order valence-corrected chi connectivity index (χ4v) is 2.60. The maximum atomic E-state index is 12.0. The van der Waals surface area contributed by atoms with Crippen molar-refractivity contribution >= 4 is 6.03 Å². The van der Waals surface area contributed by atoms with Crippen LogP contribution in [0.15, 0.2) is 67.3 Å². The van der Waals surface area contributed by atoms with Crippen molar-refractivity contribution in [1.82, 2.24) is 20.2 Å². The summed E-state index contributed by atoms with van der Waals surface area (Å²) in [6.45, 7) is 1.71. The van der Waals surface area contributed by atoms with Crippen LogP contribution in [0.2, 0.25) is 0 Å². The fraction of sp³-hybridized carbons (Fsp3) is 0.200. The van der Waals surface area contributed by atoms with Gasteiger partial charge < -0.3 is 19.9 Å². The van der Waals surface area contributed by atoms with E-state index in [1.54, 1.807) is 19.6 Å². The maximum Gasteiger partial charge on any atom is 0.315 e. The number of imidazole rings is 1. The SMILES string of the molecule is COc1ccc(CNC(=O)NCc2cccc(Cn3ccnc3)c2)cc1. The summed E-state index contributed by atoms with van der Waals surface area (Å²) < 4.78 is 7.13. The summed E-state index contributed by atoms with van der Waals surface area (Å²) >= 11 is 0. The number of ether oxygens (including phenoxy) is 1. The number of nitrogens with one attached hydrogen (secondary N) is 2. The minimum Gasteiger partial charge on any atom is -0.497 e. The Morgan fingerprint density at radius 3 is 2.46 bits per heavy atom. The van der Waals surface area contributed by atoms with Gasteiger partial charge in [0.1, 0.15) is 5.75 Å². The van der Waals surface area contributed by atoms with E-state index < -0.39 is 0 Å². The van der Waals surface area contributed by atoms with Crippen molar-refractivity contribution in [1.29, 1.82) is 0 Å². The summed E-state index contributed by atoms with van der Waals surface area (Å²) in [6.07, 6.45) is 5.48. The lowest BCUT2D eigenvalue weighted by Gasteiger charge is -2.10. The van der Waals surface area contributed by atoms with Crippen molar-refractivity contribution < 1.29 is 9.53 Å². The number of carbonyl (C=O) groups is 1. The second-order valence-electron chi connectivity index (χ2n) is 5.94. The number of hydrogen-bond acceptors (Lipinski definition) is 3. The number of rotatable bonds is 7. The first-order valence-electron chi connectivity index (χ1n) is 8.41. The lowest BCUT2D eigenvalue weighted by atomic mass is 10.1. The van der Waals surface area contributed by atoms with Crippen molar-refractivity contribution in [3.8, 4) is 5.75 Å². The molecule has 0 atom stereocenters. The molecule has 0 radical (unpaired) electrons.